The number of thiophene rings is 2. The van der Waals surface area contributed by atoms with Crippen molar-refractivity contribution in [2.75, 3.05) is 6.54 Å². The molecule has 7 heteroatoms. The lowest BCUT2D eigenvalue weighted by Crippen LogP contribution is -2.27. The third-order valence-corrected chi connectivity index (χ3v) is 6.40. The maximum Gasteiger partial charge on any atom is 0.261 e. The van der Waals surface area contributed by atoms with Crippen molar-refractivity contribution in [3.8, 4) is 11.3 Å². The summed E-state index contributed by atoms with van der Waals surface area (Å²) in [6, 6.07) is 6.15. The van der Waals surface area contributed by atoms with Gasteiger partial charge in [0.2, 0.25) is 0 Å². The van der Waals surface area contributed by atoms with Gasteiger partial charge in [0.1, 0.15) is 0 Å². The lowest BCUT2D eigenvalue weighted by atomic mass is 10.2. The normalized spacial score (nSPS) is 14.0. The Kier molecular flexibility index (Phi) is 4.56. The van der Waals surface area contributed by atoms with Gasteiger partial charge in [0.15, 0.2) is 0 Å². The number of amides is 1. The van der Waals surface area contributed by atoms with Crippen LogP contribution in [-0.2, 0) is 6.54 Å². The fraction of sp³-hybridized carbons (Fsp3) is 0.294. The van der Waals surface area contributed by atoms with E-state index in [-0.39, 0.29) is 5.91 Å². The van der Waals surface area contributed by atoms with E-state index in [1.165, 1.54) is 35.4 Å². The van der Waals surface area contributed by atoms with Crippen LogP contribution < -0.4 is 5.32 Å². The number of aromatic nitrogens is 2. The highest BCUT2D eigenvalue weighted by molar-refractivity contribution is 9.10. The quantitative estimate of drug-likeness (QED) is 0.624. The summed E-state index contributed by atoms with van der Waals surface area (Å²) >= 11 is 6.51. The highest BCUT2D eigenvalue weighted by Crippen LogP contribution is 2.41. The first-order valence-electron chi connectivity index (χ1n) is 7.83. The van der Waals surface area contributed by atoms with E-state index in [2.05, 4.69) is 48.8 Å². The van der Waals surface area contributed by atoms with Crippen LogP contribution in [0.15, 0.2) is 38.8 Å². The minimum absolute atomic E-state index is 0.0242. The second-order valence-corrected chi connectivity index (χ2v) is 8.46. The molecule has 1 amide bonds. The molecule has 0 saturated heterocycles. The number of hydrogen-bond donors (Lipinski definition) is 1. The van der Waals surface area contributed by atoms with Gasteiger partial charge in [-0.15, -0.1) is 11.3 Å². The Morgan fingerprint density at radius 2 is 2.25 bits per heavy atom. The summed E-state index contributed by atoms with van der Waals surface area (Å²) in [6.07, 6.45) is 2.48. The molecular formula is C17H16BrN3OS2. The van der Waals surface area contributed by atoms with Gasteiger partial charge in [-0.05, 0) is 52.4 Å². The number of carbonyl (C=O) groups excluding carboxylic acids is 1. The Labute approximate surface area is 156 Å². The highest BCUT2D eigenvalue weighted by Gasteiger charge is 2.28. The zero-order chi connectivity index (χ0) is 16.5. The Hall–Kier alpha value is -1.44. The average Bonchev–Trinajstić information content (AvgIpc) is 2.99. The monoisotopic (exact) mass is 421 g/mol. The maximum atomic E-state index is 12.1. The van der Waals surface area contributed by atoms with Crippen molar-refractivity contribution in [3.05, 3.63) is 49.4 Å². The predicted octanol–water partition coefficient (Wildman–Crippen LogP) is 4.74. The number of nitrogens with one attached hydrogen (secondary N) is 1. The van der Waals surface area contributed by atoms with E-state index in [4.69, 9.17) is 5.10 Å². The molecule has 4 nitrogen and oxygen atoms in total. The molecule has 0 aromatic carbocycles. The van der Waals surface area contributed by atoms with Crippen LogP contribution in [0.5, 0.6) is 0 Å². The standard InChI is InChI=1S/C17H16BrN3OS2/c18-13-7-16(24-10-13)17(22)19-4-5-21-15(11-1-2-11)8-14(20-21)12-3-6-23-9-12/h3,6-11H,1-2,4-5H2,(H,19,22). The van der Waals surface area contributed by atoms with Gasteiger partial charge >= 0.3 is 0 Å². The first-order chi connectivity index (χ1) is 11.7. The third kappa shape index (κ3) is 3.48. The average molecular weight is 422 g/mol. The van der Waals surface area contributed by atoms with E-state index in [9.17, 15) is 4.79 Å². The van der Waals surface area contributed by atoms with E-state index in [1.807, 2.05) is 11.4 Å². The van der Waals surface area contributed by atoms with Crippen LogP contribution in [-0.4, -0.2) is 22.2 Å². The molecular weight excluding hydrogens is 406 g/mol. The molecule has 1 saturated carbocycles. The van der Waals surface area contributed by atoms with Crippen LogP contribution in [0.1, 0.15) is 34.1 Å². The molecule has 3 aromatic rings. The molecule has 0 spiro atoms. The number of hydrogen-bond acceptors (Lipinski definition) is 4. The second kappa shape index (κ2) is 6.82. The second-order valence-electron chi connectivity index (χ2n) is 5.85. The van der Waals surface area contributed by atoms with Crippen molar-refractivity contribution in [2.45, 2.75) is 25.3 Å². The lowest BCUT2D eigenvalue weighted by molar-refractivity contribution is 0.0956. The van der Waals surface area contributed by atoms with E-state index in [0.717, 1.165) is 15.0 Å². The van der Waals surface area contributed by atoms with Gasteiger partial charge in [0, 0.05) is 39.0 Å². The Morgan fingerprint density at radius 3 is 2.92 bits per heavy atom. The summed E-state index contributed by atoms with van der Waals surface area (Å²) in [6.45, 7) is 1.28. The summed E-state index contributed by atoms with van der Waals surface area (Å²) in [5.41, 5.74) is 3.50. The molecule has 0 bridgehead atoms. The van der Waals surface area contributed by atoms with Gasteiger partial charge in [-0.1, -0.05) is 0 Å². The van der Waals surface area contributed by atoms with Gasteiger partial charge in [-0.3, -0.25) is 9.48 Å². The van der Waals surface area contributed by atoms with Crippen LogP contribution in [0, 0.1) is 0 Å². The number of halogens is 1. The molecule has 0 aliphatic heterocycles. The summed E-state index contributed by atoms with van der Waals surface area (Å²) in [5, 5.41) is 13.9. The zero-order valence-corrected chi connectivity index (χ0v) is 16.1. The third-order valence-electron chi connectivity index (χ3n) is 4.02. The molecule has 24 heavy (non-hydrogen) atoms. The van der Waals surface area contributed by atoms with Crippen molar-refractivity contribution >= 4 is 44.5 Å². The largest absolute Gasteiger partial charge is 0.349 e. The van der Waals surface area contributed by atoms with Gasteiger partial charge in [-0.25, -0.2) is 0 Å². The molecule has 1 fully saturated rings. The number of carbonyl (C=O) groups is 1. The fourth-order valence-corrected chi connectivity index (χ4v) is 4.66. The Balaban J connectivity index is 1.43. The molecule has 124 valence electrons. The lowest BCUT2D eigenvalue weighted by Gasteiger charge is -2.07. The van der Waals surface area contributed by atoms with E-state index in [0.29, 0.717) is 19.0 Å². The summed E-state index contributed by atoms with van der Waals surface area (Å²) in [4.78, 5) is 12.8. The molecule has 0 radical (unpaired) electrons. The minimum Gasteiger partial charge on any atom is -0.349 e. The smallest absolute Gasteiger partial charge is 0.261 e. The van der Waals surface area contributed by atoms with Gasteiger partial charge in [0.25, 0.3) is 5.91 Å². The van der Waals surface area contributed by atoms with Crippen molar-refractivity contribution in [3.63, 3.8) is 0 Å². The maximum absolute atomic E-state index is 12.1. The van der Waals surface area contributed by atoms with Gasteiger partial charge in [0.05, 0.1) is 17.1 Å². The SMILES string of the molecule is O=C(NCCn1nc(-c2ccsc2)cc1C1CC1)c1cc(Br)cs1. The van der Waals surface area contributed by atoms with Crippen LogP contribution in [0.3, 0.4) is 0 Å². The molecule has 3 heterocycles. The van der Waals surface area contributed by atoms with Gasteiger partial charge in [-0.2, -0.15) is 16.4 Å². The fourth-order valence-electron chi connectivity index (χ4n) is 2.66. The van der Waals surface area contributed by atoms with Gasteiger partial charge < -0.3 is 5.32 Å². The summed E-state index contributed by atoms with van der Waals surface area (Å²) in [7, 11) is 0. The molecule has 1 aliphatic carbocycles. The topological polar surface area (TPSA) is 46.9 Å². The van der Waals surface area contributed by atoms with E-state index in [1.54, 1.807) is 11.3 Å². The number of nitrogens with zero attached hydrogens (tertiary/aromatic N) is 2. The molecule has 0 unspecified atom stereocenters. The molecule has 1 N–H and O–H groups in total. The predicted molar refractivity (Wildman–Crippen MR) is 102 cm³/mol. The Morgan fingerprint density at radius 1 is 1.38 bits per heavy atom. The van der Waals surface area contributed by atoms with Crippen LogP contribution in [0.2, 0.25) is 0 Å². The summed E-state index contributed by atoms with van der Waals surface area (Å²) < 4.78 is 3.01. The first kappa shape index (κ1) is 16.1. The first-order valence-corrected chi connectivity index (χ1v) is 10.4. The van der Waals surface area contributed by atoms with Crippen molar-refractivity contribution in [1.82, 2.24) is 15.1 Å². The van der Waals surface area contributed by atoms with Crippen LogP contribution in [0.4, 0.5) is 0 Å². The molecule has 0 atom stereocenters. The Bertz CT molecular complexity index is 849. The van der Waals surface area contributed by atoms with E-state index < -0.39 is 0 Å². The highest BCUT2D eigenvalue weighted by atomic mass is 79.9. The summed E-state index contributed by atoms with van der Waals surface area (Å²) in [5.74, 6) is 0.609. The number of rotatable bonds is 6. The minimum atomic E-state index is -0.0242. The van der Waals surface area contributed by atoms with Crippen molar-refractivity contribution < 1.29 is 4.79 Å². The van der Waals surface area contributed by atoms with Crippen molar-refractivity contribution in [2.24, 2.45) is 0 Å². The molecule has 3 aromatic heterocycles. The van der Waals surface area contributed by atoms with Crippen molar-refractivity contribution in [1.29, 1.82) is 0 Å². The van der Waals surface area contributed by atoms with Crippen LogP contribution in [0.25, 0.3) is 11.3 Å². The zero-order valence-electron chi connectivity index (χ0n) is 12.9. The van der Waals surface area contributed by atoms with Crippen LogP contribution >= 0.6 is 38.6 Å². The van der Waals surface area contributed by atoms with E-state index >= 15 is 0 Å². The molecule has 1 aliphatic rings. The molecule has 4 rings (SSSR count).